The largest absolute Gasteiger partial charge is 0.481 e. The number of thioether (sulfide) groups is 1. The average molecular weight is 325 g/mol. The summed E-state index contributed by atoms with van der Waals surface area (Å²) in [7, 11) is 0. The first-order valence-corrected chi connectivity index (χ1v) is 8.44. The molecule has 0 bridgehead atoms. The van der Waals surface area contributed by atoms with E-state index in [0.717, 1.165) is 16.2 Å². The first-order chi connectivity index (χ1) is 10.1. The Morgan fingerprint density at radius 2 is 2.33 bits per heavy atom. The summed E-state index contributed by atoms with van der Waals surface area (Å²) in [5, 5.41) is 10.4. The Labute approximate surface area is 132 Å². The lowest BCUT2D eigenvalue weighted by atomic mass is 9.80. The average Bonchev–Trinajstić information content (AvgIpc) is 2.71. The number of carboxylic acids is 1. The monoisotopic (exact) mass is 324 g/mol. The molecule has 1 heterocycles. The molecule has 0 saturated heterocycles. The van der Waals surface area contributed by atoms with Crippen LogP contribution in [0.25, 0.3) is 11.0 Å². The molecule has 0 amide bonds. The maximum absolute atomic E-state index is 10.8. The molecule has 0 radical (unpaired) electrons. The molecule has 1 aromatic carbocycles. The van der Waals surface area contributed by atoms with Gasteiger partial charge in [0.2, 0.25) is 0 Å². The van der Waals surface area contributed by atoms with Gasteiger partial charge in [0.05, 0.1) is 16.8 Å². The molecule has 1 unspecified atom stereocenters. The Kier molecular flexibility index (Phi) is 4.13. The topological polar surface area (TPSA) is 55.1 Å². The smallest absolute Gasteiger partial charge is 0.313 e. The Morgan fingerprint density at radius 3 is 2.95 bits per heavy atom. The van der Waals surface area contributed by atoms with Crippen LogP contribution < -0.4 is 0 Å². The van der Waals surface area contributed by atoms with Crippen molar-refractivity contribution in [1.82, 2.24) is 9.55 Å². The van der Waals surface area contributed by atoms with Crippen molar-refractivity contribution in [1.29, 1.82) is 0 Å². The van der Waals surface area contributed by atoms with Crippen LogP contribution in [-0.4, -0.2) is 26.4 Å². The molecule has 1 fully saturated rings. The number of hydrogen-bond acceptors (Lipinski definition) is 3. The lowest BCUT2D eigenvalue weighted by Gasteiger charge is -2.33. The molecule has 1 saturated carbocycles. The number of imidazole rings is 1. The third kappa shape index (κ3) is 2.90. The van der Waals surface area contributed by atoms with Gasteiger partial charge in [-0.1, -0.05) is 29.8 Å². The summed E-state index contributed by atoms with van der Waals surface area (Å²) < 4.78 is 2.17. The molecule has 1 aromatic heterocycles. The van der Waals surface area contributed by atoms with Crippen LogP contribution in [-0.2, 0) is 4.79 Å². The molecule has 6 heteroatoms. The minimum absolute atomic E-state index is 0.0223. The van der Waals surface area contributed by atoms with Gasteiger partial charge < -0.3 is 9.67 Å². The van der Waals surface area contributed by atoms with Crippen LogP contribution in [0.2, 0.25) is 5.02 Å². The van der Waals surface area contributed by atoms with Crippen LogP contribution in [0.1, 0.15) is 32.2 Å². The minimum Gasteiger partial charge on any atom is -0.481 e. The van der Waals surface area contributed by atoms with E-state index >= 15 is 0 Å². The first kappa shape index (κ1) is 14.7. The van der Waals surface area contributed by atoms with Crippen LogP contribution in [0, 0.1) is 5.92 Å². The number of nitrogens with zero attached hydrogens (tertiary/aromatic N) is 2. The Hall–Kier alpha value is -1.20. The van der Waals surface area contributed by atoms with Gasteiger partial charge in [-0.25, -0.2) is 4.98 Å². The third-order valence-electron chi connectivity index (χ3n) is 4.18. The van der Waals surface area contributed by atoms with Gasteiger partial charge in [0.25, 0.3) is 0 Å². The highest BCUT2D eigenvalue weighted by molar-refractivity contribution is 7.99. The van der Waals surface area contributed by atoms with E-state index < -0.39 is 5.97 Å². The highest BCUT2D eigenvalue weighted by atomic mass is 35.5. The molecule has 0 aliphatic heterocycles. The first-order valence-electron chi connectivity index (χ1n) is 7.08. The predicted octanol–water partition coefficient (Wildman–Crippen LogP) is 4.23. The minimum atomic E-state index is -0.826. The Bertz CT molecular complexity index is 682. The molecule has 4 nitrogen and oxygen atoms in total. The number of carbonyl (C=O) groups is 1. The van der Waals surface area contributed by atoms with E-state index in [-0.39, 0.29) is 5.75 Å². The van der Waals surface area contributed by atoms with E-state index in [1.165, 1.54) is 31.0 Å². The van der Waals surface area contributed by atoms with Crippen molar-refractivity contribution in [3.05, 3.63) is 23.2 Å². The van der Waals surface area contributed by atoms with E-state index in [9.17, 15) is 4.79 Å². The molecule has 1 aliphatic rings. The molecule has 1 atom stereocenters. The number of halogens is 1. The number of benzene rings is 1. The SMILES string of the molecule is CC(C1CCC1)n1c(SCC(=O)O)nc2ccc(Cl)cc21. The molecule has 3 rings (SSSR count). The van der Waals surface area contributed by atoms with Gasteiger partial charge in [0, 0.05) is 11.1 Å². The van der Waals surface area contributed by atoms with E-state index in [4.69, 9.17) is 16.7 Å². The predicted molar refractivity (Wildman–Crippen MR) is 85.2 cm³/mol. The maximum Gasteiger partial charge on any atom is 0.313 e. The fraction of sp³-hybridized carbons (Fsp3) is 0.467. The molecule has 2 aromatic rings. The summed E-state index contributed by atoms with van der Waals surface area (Å²) in [5.74, 6) is -0.160. The number of fused-ring (bicyclic) bond motifs is 1. The van der Waals surface area contributed by atoms with E-state index in [2.05, 4.69) is 16.5 Å². The quantitative estimate of drug-likeness (QED) is 0.836. The number of aliphatic carboxylic acids is 1. The second-order valence-corrected chi connectivity index (χ2v) is 6.89. The Balaban J connectivity index is 2.04. The van der Waals surface area contributed by atoms with Crippen molar-refractivity contribution in [2.45, 2.75) is 37.4 Å². The molecule has 1 aliphatic carbocycles. The van der Waals surface area contributed by atoms with Crippen molar-refractivity contribution >= 4 is 40.4 Å². The van der Waals surface area contributed by atoms with Crippen LogP contribution in [0.15, 0.2) is 23.4 Å². The summed E-state index contributed by atoms with van der Waals surface area (Å²) in [4.78, 5) is 15.4. The fourth-order valence-corrected chi connectivity index (χ4v) is 3.78. The molecule has 1 N–H and O–H groups in total. The van der Waals surface area contributed by atoms with Gasteiger partial charge in [-0.2, -0.15) is 0 Å². The molecule has 21 heavy (non-hydrogen) atoms. The second kappa shape index (κ2) is 5.89. The number of aromatic nitrogens is 2. The van der Waals surface area contributed by atoms with Gasteiger partial charge in [0.1, 0.15) is 0 Å². The number of hydrogen-bond donors (Lipinski definition) is 1. The summed E-state index contributed by atoms with van der Waals surface area (Å²) >= 11 is 7.39. The van der Waals surface area contributed by atoms with Crippen molar-refractivity contribution in [2.75, 3.05) is 5.75 Å². The van der Waals surface area contributed by atoms with Crippen LogP contribution in [0.5, 0.6) is 0 Å². The van der Waals surface area contributed by atoms with Gasteiger partial charge in [-0.05, 0) is 43.9 Å². The zero-order valence-corrected chi connectivity index (χ0v) is 13.3. The van der Waals surface area contributed by atoms with Crippen molar-refractivity contribution < 1.29 is 9.90 Å². The summed E-state index contributed by atoms with van der Waals surface area (Å²) in [6.45, 7) is 2.19. The lowest BCUT2D eigenvalue weighted by molar-refractivity contribution is -0.133. The molecular weight excluding hydrogens is 308 g/mol. The van der Waals surface area contributed by atoms with Gasteiger partial charge in [-0.15, -0.1) is 0 Å². The third-order valence-corrected chi connectivity index (χ3v) is 5.36. The van der Waals surface area contributed by atoms with Gasteiger partial charge in [-0.3, -0.25) is 4.79 Å². The lowest BCUT2D eigenvalue weighted by Crippen LogP contribution is -2.23. The normalized spacial score (nSPS) is 16.9. The van der Waals surface area contributed by atoms with Crippen molar-refractivity contribution in [3.8, 4) is 0 Å². The molecule has 112 valence electrons. The second-order valence-electron chi connectivity index (χ2n) is 5.51. The molecular formula is C15H17ClN2O2S. The van der Waals surface area contributed by atoms with E-state index in [1.54, 1.807) is 0 Å². The maximum atomic E-state index is 10.8. The fourth-order valence-electron chi connectivity index (χ4n) is 2.80. The zero-order chi connectivity index (χ0) is 15.0. The summed E-state index contributed by atoms with van der Waals surface area (Å²) in [6, 6.07) is 5.95. The van der Waals surface area contributed by atoms with Gasteiger partial charge in [0.15, 0.2) is 5.16 Å². The Morgan fingerprint density at radius 1 is 1.57 bits per heavy atom. The number of carboxylic acid groups (broad SMARTS) is 1. The van der Waals surface area contributed by atoms with Crippen molar-refractivity contribution in [3.63, 3.8) is 0 Å². The van der Waals surface area contributed by atoms with Crippen LogP contribution in [0.4, 0.5) is 0 Å². The summed E-state index contributed by atoms with van der Waals surface area (Å²) in [5.41, 5.74) is 1.87. The van der Waals surface area contributed by atoms with E-state index in [0.29, 0.717) is 17.0 Å². The highest BCUT2D eigenvalue weighted by Gasteiger charge is 2.28. The zero-order valence-electron chi connectivity index (χ0n) is 11.8. The number of rotatable bonds is 5. The highest BCUT2D eigenvalue weighted by Crippen LogP contribution is 2.40. The van der Waals surface area contributed by atoms with Gasteiger partial charge >= 0.3 is 5.97 Å². The standard InChI is InChI=1S/C15H17ClN2O2S/c1-9(10-3-2-4-10)18-13-7-11(16)5-6-12(13)17-15(18)21-8-14(19)20/h5-7,9-10H,2-4,8H2,1H3,(H,19,20). The van der Waals surface area contributed by atoms with E-state index in [1.807, 2.05) is 18.2 Å². The van der Waals surface area contributed by atoms with Crippen LogP contribution in [0.3, 0.4) is 0 Å². The van der Waals surface area contributed by atoms with Crippen molar-refractivity contribution in [2.24, 2.45) is 5.92 Å². The van der Waals surface area contributed by atoms with Crippen LogP contribution >= 0.6 is 23.4 Å². The molecule has 0 spiro atoms. The summed E-state index contributed by atoms with van der Waals surface area (Å²) in [6.07, 6.45) is 3.73.